The van der Waals surface area contributed by atoms with Gasteiger partial charge in [0.2, 0.25) is 11.8 Å². The molecule has 0 aliphatic carbocycles. The van der Waals surface area contributed by atoms with Crippen molar-refractivity contribution in [3.8, 4) is 0 Å². The van der Waals surface area contributed by atoms with Crippen LogP contribution in [0.4, 0.5) is 0 Å². The molecule has 0 heterocycles. The Morgan fingerprint density at radius 2 is 1.95 bits per heavy atom. The molecule has 7 nitrogen and oxygen atoms in total. The molecule has 112 valence electrons. The summed E-state index contributed by atoms with van der Waals surface area (Å²) < 4.78 is 5.03. The fourth-order valence-electron chi connectivity index (χ4n) is 1.22. The van der Waals surface area contributed by atoms with Gasteiger partial charge in [0.25, 0.3) is 0 Å². The number of carbonyl (C=O) groups excluding carboxylic acids is 2. The monoisotopic (exact) mass is 275 g/mol. The normalized spacial score (nSPS) is 12.3. The smallest absolute Gasteiger partial charge is 0.239 e. The summed E-state index contributed by atoms with van der Waals surface area (Å²) in [4.78, 5) is 22.9. The highest BCUT2D eigenvalue weighted by Crippen LogP contribution is 1.97. The van der Waals surface area contributed by atoms with Crippen molar-refractivity contribution in [3.63, 3.8) is 0 Å². The zero-order valence-electron chi connectivity index (χ0n) is 11.6. The summed E-state index contributed by atoms with van der Waals surface area (Å²) in [7, 11) is 0. The first-order valence-electron chi connectivity index (χ1n) is 6.47. The summed E-state index contributed by atoms with van der Waals surface area (Å²) in [5.74, 6) is -0.547. The van der Waals surface area contributed by atoms with Gasteiger partial charge in [-0.2, -0.15) is 0 Å². The van der Waals surface area contributed by atoms with Crippen LogP contribution in [0.5, 0.6) is 0 Å². The average molecular weight is 275 g/mol. The van der Waals surface area contributed by atoms with Crippen LogP contribution in [0.15, 0.2) is 0 Å². The molecule has 0 aromatic carbocycles. The second-order valence-electron chi connectivity index (χ2n) is 4.53. The van der Waals surface area contributed by atoms with Gasteiger partial charge >= 0.3 is 0 Å². The maximum atomic E-state index is 11.5. The van der Waals surface area contributed by atoms with E-state index in [1.54, 1.807) is 0 Å². The number of rotatable bonds is 10. The van der Waals surface area contributed by atoms with Crippen LogP contribution in [0.3, 0.4) is 0 Å². The van der Waals surface area contributed by atoms with E-state index in [0.29, 0.717) is 26.2 Å². The Balaban J connectivity index is 3.57. The van der Waals surface area contributed by atoms with E-state index < -0.39 is 6.04 Å². The minimum atomic E-state index is -0.598. The molecule has 0 rings (SSSR count). The molecule has 1 atom stereocenters. The zero-order valence-corrected chi connectivity index (χ0v) is 11.6. The van der Waals surface area contributed by atoms with Gasteiger partial charge < -0.3 is 26.2 Å². The van der Waals surface area contributed by atoms with Gasteiger partial charge in [-0.1, -0.05) is 13.8 Å². The molecule has 7 heteroatoms. The summed E-state index contributed by atoms with van der Waals surface area (Å²) in [6.07, 6.45) is 0.658. The Hall–Kier alpha value is -1.18. The molecule has 2 amide bonds. The number of amides is 2. The Kier molecular flexibility index (Phi) is 10.1. The van der Waals surface area contributed by atoms with Gasteiger partial charge in [-0.05, 0) is 12.3 Å². The molecule has 0 saturated carbocycles. The van der Waals surface area contributed by atoms with Crippen molar-refractivity contribution in [1.82, 2.24) is 10.6 Å². The summed E-state index contributed by atoms with van der Waals surface area (Å²) in [6.45, 7) is 4.86. The Morgan fingerprint density at radius 1 is 1.26 bits per heavy atom. The number of nitrogens with two attached hydrogens (primary N) is 1. The van der Waals surface area contributed by atoms with Crippen molar-refractivity contribution in [1.29, 1.82) is 0 Å². The molecule has 0 unspecified atom stereocenters. The maximum Gasteiger partial charge on any atom is 0.239 e. The number of ether oxygens (including phenoxy) is 1. The molecule has 0 aromatic rings. The molecule has 0 spiro atoms. The van der Waals surface area contributed by atoms with Crippen molar-refractivity contribution in [2.75, 3.05) is 32.9 Å². The van der Waals surface area contributed by atoms with Gasteiger partial charge in [0.05, 0.1) is 25.8 Å². The predicted octanol–water partition coefficient (Wildman–Crippen LogP) is -1.40. The first-order chi connectivity index (χ1) is 8.99. The predicted molar refractivity (Wildman–Crippen MR) is 71.4 cm³/mol. The van der Waals surface area contributed by atoms with E-state index in [0.717, 1.165) is 0 Å². The van der Waals surface area contributed by atoms with Crippen molar-refractivity contribution in [3.05, 3.63) is 0 Å². The van der Waals surface area contributed by atoms with Crippen LogP contribution >= 0.6 is 0 Å². The number of aliphatic hydroxyl groups is 1. The van der Waals surface area contributed by atoms with E-state index in [-0.39, 0.29) is 30.9 Å². The van der Waals surface area contributed by atoms with E-state index in [2.05, 4.69) is 10.6 Å². The van der Waals surface area contributed by atoms with E-state index in [9.17, 15) is 9.59 Å². The Labute approximate surface area is 113 Å². The fraction of sp³-hybridized carbons (Fsp3) is 0.833. The highest BCUT2D eigenvalue weighted by atomic mass is 16.5. The number of aliphatic hydroxyl groups excluding tert-OH is 1. The maximum absolute atomic E-state index is 11.5. The lowest BCUT2D eigenvalue weighted by Crippen LogP contribution is -2.47. The third kappa shape index (κ3) is 9.40. The second kappa shape index (κ2) is 10.7. The van der Waals surface area contributed by atoms with E-state index in [1.165, 1.54) is 0 Å². The van der Waals surface area contributed by atoms with Crippen LogP contribution in [-0.4, -0.2) is 55.9 Å². The third-order valence-corrected chi connectivity index (χ3v) is 2.47. The molecule has 0 bridgehead atoms. The summed E-state index contributed by atoms with van der Waals surface area (Å²) in [5.41, 5.74) is 5.63. The van der Waals surface area contributed by atoms with Crippen LogP contribution < -0.4 is 16.4 Å². The molecule has 0 saturated heterocycles. The Morgan fingerprint density at radius 3 is 2.53 bits per heavy atom. The standard InChI is InChI=1S/C12H25N3O4/c1-9(2)11(13)12(18)15-8-10(17)14-4-3-6-19-7-5-16/h9,11,16H,3-8,13H2,1-2H3,(H,14,17)(H,15,18)/t11-/m0/s1. The van der Waals surface area contributed by atoms with E-state index in [4.69, 9.17) is 15.6 Å². The van der Waals surface area contributed by atoms with E-state index >= 15 is 0 Å². The van der Waals surface area contributed by atoms with Crippen molar-refractivity contribution in [2.24, 2.45) is 11.7 Å². The van der Waals surface area contributed by atoms with Crippen LogP contribution in [-0.2, 0) is 14.3 Å². The minimum absolute atomic E-state index is 0.00546. The fourth-order valence-corrected chi connectivity index (χ4v) is 1.22. The highest BCUT2D eigenvalue weighted by molar-refractivity contribution is 5.87. The van der Waals surface area contributed by atoms with Crippen LogP contribution in [0.2, 0.25) is 0 Å². The molecule has 0 aliphatic heterocycles. The summed E-state index contributed by atoms with van der Waals surface area (Å²) in [5, 5.41) is 13.6. The topological polar surface area (TPSA) is 114 Å². The van der Waals surface area contributed by atoms with Gasteiger partial charge in [0, 0.05) is 13.2 Å². The van der Waals surface area contributed by atoms with Gasteiger partial charge in [0.15, 0.2) is 0 Å². The average Bonchev–Trinajstić information content (AvgIpc) is 2.38. The molecule has 0 fully saturated rings. The minimum Gasteiger partial charge on any atom is -0.394 e. The Bertz CT molecular complexity index is 272. The van der Waals surface area contributed by atoms with Gasteiger partial charge in [-0.25, -0.2) is 0 Å². The van der Waals surface area contributed by atoms with Crippen LogP contribution in [0.25, 0.3) is 0 Å². The lowest BCUT2D eigenvalue weighted by Gasteiger charge is -2.15. The highest BCUT2D eigenvalue weighted by Gasteiger charge is 2.17. The van der Waals surface area contributed by atoms with Crippen molar-refractivity contribution >= 4 is 11.8 Å². The van der Waals surface area contributed by atoms with Crippen molar-refractivity contribution in [2.45, 2.75) is 26.3 Å². The van der Waals surface area contributed by atoms with Gasteiger partial charge in [0.1, 0.15) is 0 Å². The third-order valence-electron chi connectivity index (χ3n) is 2.47. The number of carbonyl (C=O) groups is 2. The number of hydrogen-bond acceptors (Lipinski definition) is 5. The SMILES string of the molecule is CC(C)[C@H](N)C(=O)NCC(=O)NCCCOCCO. The largest absolute Gasteiger partial charge is 0.394 e. The lowest BCUT2D eigenvalue weighted by atomic mass is 10.1. The molecule has 19 heavy (non-hydrogen) atoms. The van der Waals surface area contributed by atoms with Crippen LogP contribution in [0, 0.1) is 5.92 Å². The molecular formula is C12H25N3O4. The summed E-state index contributed by atoms with van der Waals surface area (Å²) >= 11 is 0. The first-order valence-corrected chi connectivity index (χ1v) is 6.47. The van der Waals surface area contributed by atoms with Gasteiger partial charge in [-0.3, -0.25) is 9.59 Å². The number of nitrogens with one attached hydrogen (secondary N) is 2. The molecular weight excluding hydrogens is 250 g/mol. The number of hydrogen-bond donors (Lipinski definition) is 4. The molecule has 0 aromatic heterocycles. The van der Waals surface area contributed by atoms with Crippen LogP contribution in [0.1, 0.15) is 20.3 Å². The first kappa shape index (κ1) is 17.8. The molecule has 0 aliphatic rings. The van der Waals surface area contributed by atoms with E-state index in [1.807, 2.05) is 13.8 Å². The van der Waals surface area contributed by atoms with Gasteiger partial charge in [-0.15, -0.1) is 0 Å². The summed E-state index contributed by atoms with van der Waals surface area (Å²) in [6, 6.07) is -0.598. The molecule has 0 radical (unpaired) electrons. The lowest BCUT2D eigenvalue weighted by molar-refractivity contribution is -0.127. The second-order valence-corrected chi connectivity index (χ2v) is 4.53. The molecule has 5 N–H and O–H groups in total. The zero-order chi connectivity index (χ0) is 14.7. The van der Waals surface area contributed by atoms with Crippen molar-refractivity contribution < 1.29 is 19.4 Å². The quantitative estimate of drug-likeness (QED) is 0.366.